The molecule has 0 spiro atoms. The summed E-state index contributed by atoms with van der Waals surface area (Å²) in [6.07, 6.45) is 3.12. The Balaban J connectivity index is 0.00000144. The fourth-order valence-corrected chi connectivity index (χ4v) is 2.23. The number of carbonyl (C=O) groups excluding carboxylic acids is 1. The third-order valence-corrected chi connectivity index (χ3v) is 3.15. The zero-order chi connectivity index (χ0) is 11.5. The molecule has 0 aromatic carbocycles. The van der Waals surface area contributed by atoms with E-state index in [1.807, 2.05) is 0 Å². The molecule has 1 aromatic heterocycles. The fraction of sp³-hybridized carbons (Fsp3) is 0.545. The number of rotatable bonds is 2. The van der Waals surface area contributed by atoms with Crippen LogP contribution in [0, 0.1) is 0 Å². The van der Waals surface area contributed by atoms with E-state index in [2.05, 4.69) is 0 Å². The maximum Gasteiger partial charge on any atom is 0.289 e. The van der Waals surface area contributed by atoms with Gasteiger partial charge in [-0.05, 0) is 43.0 Å². The van der Waals surface area contributed by atoms with Gasteiger partial charge in [-0.25, -0.2) is 0 Å². The van der Waals surface area contributed by atoms with E-state index in [0.29, 0.717) is 12.3 Å². The second kappa shape index (κ2) is 6.28. The molecule has 1 saturated heterocycles. The van der Waals surface area contributed by atoms with Gasteiger partial charge in [-0.15, -0.1) is 12.4 Å². The summed E-state index contributed by atoms with van der Waals surface area (Å²) < 4.78 is 5.12. The summed E-state index contributed by atoms with van der Waals surface area (Å²) in [6.45, 7) is 1.25. The van der Waals surface area contributed by atoms with Gasteiger partial charge >= 0.3 is 0 Å². The Morgan fingerprint density at radius 2 is 2.29 bits per heavy atom. The number of piperidine rings is 1. The molecule has 1 amide bonds. The topological polar surface area (TPSA) is 59.5 Å². The van der Waals surface area contributed by atoms with Crippen LogP contribution in [0.4, 0.5) is 0 Å². The maximum absolute atomic E-state index is 12.1. The highest BCUT2D eigenvalue weighted by atomic mass is 35.5. The second-order valence-electron chi connectivity index (χ2n) is 3.99. The lowest BCUT2D eigenvalue weighted by Gasteiger charge is -2.34. The van der Waals surface area contributed by atoms with E-state index in [0.717, 1.165) is 25.8 Å². The predicted octanol–water partition coefficient (Wildman–Crippen LogP) is 2.31. The van der Waals surface area contributed by atoms with Crippen molar-refractivity contribution >= 4 is 29.9 Å². The number of amides is 1. The Morgan fingerprint density at radius 1 is 1.53 bits per heavy atom. The third-order valence-electron chi connectivity index (χ3n) is 2.94. The largest absolute Gasteiger partial charge is 0.440 e. The van der Waals surface area contributed by atoms with Crippen LogP contribution in [0.5, 0.6) is 0 Å². The van der Waals surface area contributed by atoms with E-state index in [4.69, 9.17) is 21.8 Å². The molecule has 1 atom stereocenters. The Kier molecular flexibility index (Phi) is 5.31. The summed E-state index contributed by atoms with van der Waals surface area (Å²) in [5.74, 6) is 0.187. The first-order valence-electron chi connectivity index (χ1n) is 5.48. The Labute approximate surface area is 111 Å². The molecule has 6 heteroatoms. The van der Waals surface area contributed by atoms with Crippen molar-refractivity contribution in [3.05, 3.63) is 23.1 Å². The molecule has 0 saturated carbocycles. The minimum Gasteiger partial charge on any atom is -0.440 e. The number of hydrogen-bond acceptors (Lipinski definition) is 3. The first-order valence-corrected chi connectivity index (χ1v) is 5.86. The van der Waals surface area contributed by atoms with Gasteiger partial charge in [-0.2, -0.15) is 0 Å². The quantitative estimate of drug-likeness (QED) is 0.903. The highest BCUT2D eigenvalue weighted by molar-refractivity contribution is 6.29. The van der Waals surface area contributed by atoms with E-state index < -0.39 is 0 Å². The molecule has 1 aromatic rings. The minimum absolute atomic E-state index is 0. The van der Waals surface area contributed by atoms with Crippen molar-refractivity contribution in [3.63, 3.8) is 0 Å². The summed E-state index contributed by atoms with van der Waals surface area (Å²) in [5, 5.41) is 0.240. The lowest BCUT2D eigenvalue weighted by molar-refractivity contribution is 0.0591. The summed E-state index contributed by atoms with van der Waals surface area (Å²) in [6, 6.07) is 3.31. The normalized spacial score (nSPS) is 19.9. The van der Waals surface area contributed by atoms with Crippen molar-refractivity contribution in [2.24, 2.45) is 5.73 Å². The number of halogens is 2. The Morgan fingerprint density at radius 3 is 2.88 bits per heavy atom. The van der Waals surface area contributed by atoms with Crippen LogP contribution in [0.15, 0.2) is 16.5 Å². The highest BCUT2D eigenvalue weighted by Gasteiger charge is 2.28. The number of hydrogen-bond donors (Lipinski definition) is 1. The van der Waals surface area contributed by atoms with Crippen molar-refractivity contribution in [1.82, 2.24) is 4.90 Å². The van der Waals surface area contributed by atoms with Crippen LogP contribution in [-0.2, 0) is 0 Å². The Hall–Kier alpha value is -0.710. The van der Waals surface area contributed by atoms with Crippen LogP contribution < -0.4 is 5.73 Å². The van der Waals surface area contributed by atoms with E-state index in [9.17, 15) is 4.79 Å². The second-order valence-corrected chi connectivity index (χ2v) is 4.36. The molecule has 2 heterocycles. The average molecular weight is 279 g/mol. The number of likely N-dealkylation sites (tertiary alicyclic amines) is 1. The number of nitrogens with two attached hydrogens (primary N) is 1. The molecule has 96 valence electrons. The summed E-state index contributed by atoms with van der Waals surface area (Å²) in [4.78, 5) is 13.9. The third kappa shape index (κ3) is 3.15. The molecule has 0 bridgehead atoms. The van der Waals surface area contributed by atoms with Gasteiger partial charge < -0.3 is 15.1 Å². The van der Waals surface area contributed by atoms with E-state index in [1.165, 1.54) is 0 Å². The van der Waals surface area contributed by atoms with Gasteiger partial charge in [0.2, 0.25) is 0 Å². The number of furan rings is 1. The highest BCUT2D eigenvalue weighted by Crippen LogP contribution is 2.21. The van der Waals surface area contributed by atoms with Crippen molar-refractivity contribution in [3.8, 4) is 0 Å². The van der Waals surface area contributed by atoms with Gasteiger partial charge in [0, 0.05) is 19.1 Å². The average Bonchev–Trinajstić information content (AvgIpc) is 2.75. The van der Waals surface area contributed by atoms with Crippen LogP contribution in [0.25, 0.3) is 0 Å². The van der Waals surface area contributed by atoms with E-state index in [-0.39, 0.29) is 29.6 Å². The minimum atomic E-state index is -0.109. The molecule has 4 nitrogen and oxygen atoms in total. The van der Waals surface area contributed by atoms with Gasteiger partial charge in [0.05, 0.1) is 0 Å². The molecular weight excluding hydrogens is 263 g/mol. The monoisotopic (exact) mass is 278 g/mol. The molecule has 2 N–H and O–H groups in total. The lowest BCUT2D eigenvalue weighted by Crippen LogP contribution is -2.47. The standard InChI is InChI=1S/C11H15ClN2O2.ClH/c12-10-5-4-9(16-10)11(15)14-6-2-1-3-8(14)7-13;/h4-5,8H,1-3,6-7,13H2;1H. The maximum atomic E-state index is 12.1. The molecule has 0 radical (unpaired) electrons. The molecule has 17 heavy (non-hydrogen) atoms. The van der Waals surface area contributed by atoms with E-state index >= 15 is 0 Å². The van der Waals surface area contributed by atoms with Crippen LogP contribution in [0.2, 0.25) is 5.22 Å². The van der Waals surface area contributed by atoms with Crippen molar-refractivity contribution in [2.75, 3.05) is 13.1 Å². The number of nitrogens with zero attached hydrogens (tertiary/aromatic N) is 1. The van der Waals surface area contributed by atoms with Crippen molar-refractivity contribution in [1.29, 1.82) is 0 Å². The molecule has 1 aliphatic rings. The molecule has 1 fully saturated rings. The molecule has 0 aliphatic carbocycles. The molecule has 1 aliphatic heterocycles. The van der Waals surface area contributed by atoms with Crippen LogP contribution >= 0.6 is 24.0 Å². The molecule has 1 unspecified atom stereocenters. The van der Waals surface area contributed by atoms with Crippen molar-refractivity contribution in [2.45, 2.75) is 25.3 Å². The summed E-state index contributed by atoms with van der Waals surface area (Å²) in [5.41, 5.74) is 5.66. The number of carbonyl (C=O) groups is 1. The lowest BCUT2D eigenvalue weighted by atomic mass is 10.0. The van der Waals surface area contributed by atoms with Gasteiger partial charge in [-0.3, -0.25) is 4.79 Å². The molecule has 2 rings (SSSR count). The van der Waals surface area contributed by atoms with E-state index in [1.54, 1.807) is 17.0 Å². The zero-order valence-corrected chi connectivity index (χ0v) is 11.0. The summed E-state index contributed by atoms with van der Waals surface area (Å²) in [7, 11) is 0. The first kappa shape index (κ1) is 14.4. The van der Waals surface area contributed by atoms with Gasteiger partial charge in [-0.1, -0.05) is 0 Å². The molecular formula is C11H16Cl2N2O2. The fourth-order valence-electron chi connectivity index (χ4n) is 2.08. The van der Waals surface area contributed by atoms with Crippen molar-refractivity contribution < 1.29 is 9.21 Å². The smallest absolute Gasteiger partial charge is 0.289 e. The zero-order valence-electron chi connectivity index (χ0n) is 9.39. The van der Waals surface area contributed by atoms with Crippen LogP contribution in [-0.4, -0.2) is 29.9 Å². The van der Waals surface area contributed by atoms with Crippen LogP contribution in [0.1, 0.15) is 29.8 Å². The summed E-state index contributed by atoms with van der Waals surface area (Å²) >= 11 is 5.65. The predicted molar refractivity (Wildman–Crippen MR) is 68.7 cm³/mol. The van der Waals surface area contributed by atoms with Gasteiger partial charge in [0.15, 0.2) is 11.0 Å². The first-order chi connectivity index (χ1) is 7.72. The Bertz CT molecular complexity index is 381. The van der Waals surface area contributed by atoms with Gasteiger partial charge in [0.1, 0.15) is 0 Å². The van der Waals surface area contributed by atoms with Crippen LogP contribution in [0.3, 0.4) is 0 Å². The SMILES string of the molecule is Cl.NCC1CCCCN1C(=O)c1ccc(Cl)o1. The van der Waals surface area contributed by atoms with Gasteiger partial charge in [0.25, 0.3) is 5.91 Å².